The molecule has 0 atom stereocenters. The van der Waals surface area contributed by atoms with Crippen LogP contribution in [0.15, 0.2) is 74.3 Å². The second-order valence-corrected chi connectivity index (χ2v) is 5.20. The second kappa shape index (κ2) is 6.04. The van der Waals surface area contributed by atoms with Crippen molar-refractivity contribution < 1.29 is 13.6 Å². The number of anilines is 1. The van der Waals surface area contributed by atoms with Crippen molar-refractivity contribution in [1.82, 2.24) is 10.2 Å². The molecule has 1 N–H and O–H groups in total. The summed E-state index contributed by atoms with van der Waals surface area (Å²) in [7, 11) is 0. The minimum absolute atomic E-state index is 0.0836. The van der Waals surface area contributed by atoms with Gasteiger partial charge in [0.1, 0.15) is 5.58 Å². The highest BCUT2D eigenvalue weighted by Crippen LogP contribution is 2.19. The van der Waals surface area contributed by atoms with E-state index in [0.717, 1.165) is 11.6 Å². The van der Waals surface area contributed by atoms with Gasteiger partial charge in [0.25, 0.3) is 5.91 Å². The van der Waals surface area contributed by atoms with Crippen LogP contribution in [0.4, 0.5) is 6.01 Å². The first kappa shape index (κ1) is 14.8. The van der Waals surface area contributed by atoms with E-state index in [0.29, 0.717) is 11.0 Å². The molecule has 0 aliphatic carbocycles. The molecule has 122 valence electrons. The van der Waals surface area contributed by atoms with E-state index in [4.69, 9.17) is 8.83 Å². The highest BCUT2D eigenvalue weighted by molar-refractivity contribution is 6.01. The molecule has 0 spiro atoms. The number of carbonyl (C=O) groups is 1. The van der Waals surface area contributed by atoms with E-state index in [1.54, 1.807) is 24.3 Å². The van der Waals surface area contributed by atoms with Crippen LogP contribution in [0.3, 0.4) is 0 Å². The maximum absolute atomic E-state index is 12.3. The van der Waals surface area contributed by atoms with Crippen LogP contribution < -0.4 is 10.7 Å². The molecule has 7 heteroatoms. The first-order chi connectivity index (χ1) is 12.2. The Morgan fingerprint density at radius 2 is 1.68 bits per heavy atom. The monoisotopic (exact) mass is 333 g/mol. The molecule has 4 rings (SSSR count). The van der Waals surface area contributed by atoms with Crippen molar-refractivity contribution in [2.45, 2.75) is 0 Å². The van der Waals surface area contributed by atoms with Crippen LogP contribution in [0.1, 0.15) is 10.6 Å². The van der Waals surface area contributed by atoms with E-state index in [-0.39, 0.29) is 23.1 Å². The molecule has 0 aliphatic heterocycles. The minimum atomic E-state index is -0.647. The maximum atomic E-state index is 12.3. The molecule has 2 aromatic carbocycles. The maximum Gasteiger partial charge on any atom is 0.322 e. The van der Waals surface area contributed by atoms with Crippen LogP contribution in [-0.2, 0) is 0 Å². The number of hydrogen-bond acceptors (Lipinski definition) is 6. The summed E-state index contributed by atoms with van der Waals surface area (Å²) in [6.45, 7) is 0. The molecule has 4 aromatic rings. The molecule has 0 radical (unpaired) electrons. The molecule has 2 aromatic heterocycles. The Hall–Kier alpha value is -3.74. The lowest BCUT2D eigenvalue weighted by atomic mass is 10.2. The van der Waals surface area contributed by atoms with Gasteiger partial charge in [-0.2, -0.15) is 0 Å². The van der Waals surface area contributed by atoms with Crippen molar-refractivity contribution in [2.24, 2.45) is 0 Å². The predicted octanol–water partition coefficient (Wildman–Crippen LogP) is 3.10. The van der Waals surface area contributed by atoms with E-state index in [9.17, 15) is 9.59 Å². The molecular formula is C18H11N3O4. The highest BCUT2D eigenvalue weighted by Gasteiger charge is 2.16. The summed E-state index contributed by atoms with van der Waals surface area (Å²) in [6, 6.07) is 16.9. The molecule has 0 saturated carbocycles. The summed E-state index contributed by atoms with van der Waals surface area (Å²) in [5, 5.41) is 10.5. The number of aromatic nitrogens is 2. The molecular weight excluding hydrogens is 322 g/mol. The summed E-state index contributed by atoms with van der Waals surface area (Å²) in [4.78, 5) is 24.3. The zero-order chi connectivity index (χ0) is 17.2. The molecule has 1 amide bonds. The number of amides is 1. The normalized spacial score (nSPS) is 10.7. The molecule has 0 aliphatic rings. The number of hydrogen-bond donors (Lipinski definition) is 1. The average molecular weight is 333 g/mol. The van der Waals surface area contributed by atoms with E-state index in [1.165, 1.54) is 0 Å². The van der Waals surface area contributed by atoms with Crippen molar-refractivity contribution in [1.29, 1.82) is 0 Å². The Kier molecular flexibility index (Phi) is 3.59. The Morgan fingerprint density at radius 1 is 0.920 bits per heavy atom. The molecule has 0 fully saturated rings. The van der Waals surface area contributed by atoms with Gasteiger partial charge < -0.3 is 8.83 Å². The largest absolute Gasteiger partial charge is 0.451 e. The first-order valence-electron chi connectivity index (χ1n) is 7.44. The third kappa shape index (κ3) is 2.90. The zero-order valence-electron chi connectivity index (χ0n) is 12.8. The van der Waals surface area contributed by atoms with Crippen LogP contribution in [0.25, 0.3) is 22.4 Å². The third-order valence-corrected chi connectivity index (χ3v) is 3.52. The highest BCUT2D eigenvalue weighted by atomic mass is 16.4. The van der Waals surface area contributed by atoms with Gasteiger partial charge in [-0.25, -0.2) is 0 Å². The van der Waals surface area contributed by atoms with Crippen LogP contribution >= 0.6 is 0 Å². The van der Waals surface area contributed by atoms with Gasteiger partial charge in [0.05, 0.1) is 5.39 Å². The SMILES string of the molecule is O=C(Nc1nnc(-c2ccccc2)o1)c1cc(=O)c2ccccc2o1. The van der Waals surface area contributed by atoms with E-state index < -0.39 is 5.91 Å². The summed E-state index contributed by atoms with van der Waals surface area (Å²) < 4.78 is 10.9. The van der Waals surface area contributed by atoms with Gasteiger partial charge >= 0.3 is 6.01 Å². The van der Waals surface area contributed by atoms with Gasteiger partial charge in [0.15, 0.2) is 11.2 Å². The predicted molar refractivity (Wildman–Crippen MR) is 90.2 cm³/mol. The summed E-state index contributed by atoms with van der Waals surface area (Å²) in [5.41, 5.74) is 0.755. The molecule has 25 heavy (non-hydrogen) atoms. The zero-order valence-corrected chi connectivity index (χ0v) is 12.8. The fraction of sp³-hybridized carbons (Fsp3) is 0. The summed E-state index contributed by atoms with van der Waals surface area (Å²) in [5.74, 6) is -0.509. The average Bonchev–Trinajstić information content (AvgIpc) is 3.11. The van der Waals surface area contributed by atoms with Crippen LogP contribution in [0, 0.1) is 0 Å². The quantitative estimate of drug-likeness (QED) is 0.618. The second-order valence-electron chi connectivity index (χ2n) is 5.20. The van der Waals surface area contributed by atoms with E-state index >= 15 is 0 Å². The number of nitrogens with zero attached hydrogens (tertiary/aromatic N) is 2. The van der Waals surface area contributed by atoms with Crippen molar-refractivity contribution in [3.63, 3.8) is 0 Å². The third-order valence-electron chi connectivity index (χ3n) is 3.52. The standard InChI is InChI=1S/C18H11N3O4/c22-13-10-15(24-14-9-5-4-8-12(13)14)16(23)19-18-21-20-17(25-18)11-6-2-1-3-7-11/h1-10H,(H,19,21,23). The summed E-state index contributed by atoms with van der Waals surface area (Å²) in [6.07, 6.45) is 0. The van der Waals surface area contributed by atoms with E-state index in [2.05, 4.69) is 15.5 Å². The van der Waals surface area contributed by atoms with Crippen molar-refractivity contribution in [3.05, 3.63) is 76.6 Å². The molecule has 7 nitrogen and oxygen atoms in total. The molecule has 0 saturated heterocycles. The van der Waals surface area contributed by atoms with Crippen molar-refractivity contribution in [2.75, 3.05) is 5.32 Å². The lowest BCUT2D eigenvalue weighted by Gasteiger charge is -2.01. The first-order valence-corrected chi connectivity index (χ1v) is 7.44. The van der Waals surface area contributed by atoms with Gasteiger partial charge in [0.2, 0.25) is 5.89 Å². The topological polar surface area (TPSA) is 98.2 Å². The van der Waals surface area contributed by atoms with Gasteiger partial charge in [-0.3, -0.25) is 14.9 Å². The van der Waals surface area contributed by atoms with Gasteiger partial charge in [0, 0.05) is 11.6 Å². The smallest absolute Gasteiger partial charge is 0.322 e. The number of rotatable bonds is 3. The number of fused-ring (bicyclic) bond motifs is 1. The Morgan fingerprint density at radius 3 is 2.52 bits per heavy atom. The number of nitrogens with one attached hydrogen (secondary N) is 1. The Bertz CT molecular complexity index is 1120. The fourth-order valence-corrected chi connectivity index (χ4v) is 2.35. The van der Waals surface area contributed by atoms with Gasteiger partial charge in [-0.1, -0.05) is 35.4 Å². The molecule has 0 unspecified atom stereocenters. The lowest BCUT2D eigenvalue weighted by molar-refractivity contribution is 0.0994. The molecule has 2 heterocycles. The van der Waals surface area contributed by atoms with Crippen LogP contribution in [-0.4, -0.2) is 16.1 Å². The number of para-hydroxylation sites is 1. The van der Waals surface area contributed by atoms with Crippen LogP contribution in [0.5, 0.6) is 0 Å². The minimum Gasteiger partial charge on any atom is -0.451 e. The van der Waals surface area contributed by atoms with Crippen LogP contribution in [0.2, 0.25) is 0 Å². The van der Waals surface area contributed by atoms with Gasteiger partial charge in [-0.05, 0) is 24.3 Å². The van der Waals surface area contributed by atoms with Crippen molar-refractivity contribution in [3.8, 4) is 11.5 Å². The Balaban J connectivity index is 1.61. The lowest BCUT2D eigenvalue weighted by Crippen LogP contribution is -2.15. The van der Waals surface area contributed by atoms with Crippen molar-refractivity contribution >= 4 is 22.9 Å². The number of carbonyl (C=O) groups excluding carboxylic acids is 1. The van der Waals surface area contributed by atoms with E-state index in [1.807, 2.05) is 30.3 Å². The fourth-order valence-electron chi connectivity index (χ4n) is 2.35. The van der Waals surface area contributed by atoms with Gasteiger partial charge in [-0.15, -0.1) is 5.10 Å². The summed E-state index contributed by atoms with van der Waals surface area (Å²) >= 11 is 0. The molecule has 0 bridgehead atoms. The Labute approximate surface area is 140 Å². The number of benzene rings is 2.